The van der Waals surface area contributed by atoms with E-state index in [0.29, 0.717) is 0 Å². The zero-order valence-corrected chi connectivity index (χ0v) is 11.2. The Balaban J connectivity index is 1.77. The van der Waals surface area contributed by atoms with E-state index in [1.165, 1.54) is 32.1 Å². The molecule has 18 heavy (non-hydrogen) atoms. The van der Waals surface area contributed by atoms with Crippen LogP contribution >= 0.6 is 0 Å². The molecule has 2 unspecified atom stereocenters. The first-order valence-electron chi connectivity index (χ1n) is 7.21. The first-order chi connectivity index (χ1) is 8.74. The molecule has 2 aliphatic rings. The lowest BCUT2D eigenvalue weighted by atomic mass is 9.75. The molecule has 0 bridgehead atoms. The van der Waals surface area contributed by atoms with Gasteiger partial charge in [0.1, 0.15) is 0 Å². The van der Waals surface area contributed by atoms with E-state index in [0.717, 1.165) is 42.0 Å². The summed E-state index contributed by atoms with van der Waals surface area (Å²) >= 11 is 0. The molecule has 1 aromatic heterocycles. The molecule has 3 nitrogen and oxygen atoms in total. The van der Waals surface area contributed by atoms with Gasteiger partial charge in [-0.1, -0.05) is 19.3 Å². The SMILES string of the molecule is Cc1cnc(N2CCC3CCCCC3C2)c(N)c1. The van der Waals surface area contributed by atoms with Crippen LogP contribution in [-0.4, -0.2) is 18.1 Å². The third-order valence-electron chi connectivity index (χ3n) is 4.62. The highest BCUT2D eigenvalue weighted by molar-refractivity contribution is 5.63. The Bertz CT molecular complexity index is 430. The van der Waals surface area contributed by atoms with Crippen molar-refractivity contribution in [1.29, 1.82) is 0 Å². The third-order valence-corrected chi connectivity index (χ3v) is 4.62. The van der Waals surface area contributed by atoms with Gasteiger partial charge >= 0.3 is 0 Å². The molecule has 2 atom stereocenters. The van der Waals surface area contributed by atoms with Gasteiger partial charge in [0.25, 0.3) is 0 Å². The molecule has 3 heteroatoms. The Kier molecular flexibility index (Phi) is 3.14. The number of hydrogen-bond acceptors (Lipinski definition) is 3. The van der Waals surface area contributed by atoms with E-state index in [2.05, 4.69) is 9.88 Å². The van der Waals surface area contributed by atoms with Crippen LogP contribution in [0.15, 0.2) is 12.3 Å². The zero-order chi connectivity index (χ0) is 12.5. The molecule has 0 spiro atoms. The lowest BCUT2D eigenvalue weighted by Gasteiger charge is -2.42. The molecule has 1 aliphatic carbocycles. The number of aromatic nitrogens is 1. The van der Waals surface area contributed by atoms with Gasteiger partial charge in [-0.05, 0) is 43.2 Å². The lowest BCUT2D eigenvalue weighted by molar-refractivity contribution is 0.202. The van der Waals surface area contributed by atoms with Crippen LogP contribution in [0.2, 0.25) is 0 Å². The Morgan fingerprint density at radius 1 is 1.22 bits per heavy atom. The molecular formula is C15H23N3. The molecule has 98 valence electrons. The fraction of sp³-hybridized carbons (Fsp3) is 0.667. The summed E-state index contributed by atoms with van der Waals surface area (Å²) in [5.74, 6) is 2.83. The number of anilines is 2. The largest absolute Gasteiger partial charge is 0.396 e. The zero-order valence-electron chi connectivity index (χ0n) is 11.2. The van der Waals surface area contributed by atoms with E-state index >= 15 is 0 Å². The summed E-state index contributed by atoms with van der Waals surface area (Å²) in [6.07, 6.45) is 8.93. The van der Waals surface area contributed by atoms with Gasteiger partial charge < -0.3 is 10.6 Å². The molecule has 0 aromatic carbocycles. The van der Waals surface area contributed by atoms with Crippen LogP contribution in [0.5, 0.6) is 0 Å². The van der Waals surface area contributed by atoms with Crippen molar-refractivity contribution in [2.45, 2.75) is 39.0 Å². The second-order valence-electron chi connectivity index (χ2n) is 5.96. The minimum absolute atomic E-state index is 0.837. The summed E-state index contributed by atoms with van der Waals surface area (Å²) in [6, 6.07) is 2.04. The number of pyridine rings is 1. The smallest absolute Gasteiger partial charge is 0.151 e. The molecule has 1 aromatic rings. The monoisotopic (exact) mass is 245 g/mol. The van der Waals surface area contributed by atoms with Gasteiger partial charge in [0.2, 0.25) is 0 Å². The highest BCUT2D eigenvalue weighted by atomic mass is 15.2. The highest BCUT2D eigenvalue weighted by Crippen LogP contribution is 2.38. The van der Waals surface area contributed by atoms with Crippen LogP contribution in [-0.2, 0) is 0 Å². The van der Waals surface area contributed by atoms with Crippen molar-refractivity contribution in [3.8, 4) is 0 Å². The molecule has 0 amide bonds. The van der Waals surface area contributed by atoms with Gasteiger partial charge in [0, 0.05) is 19.3 Å². The summed E-state index contributed by atoms with van der Waals surface area (Å²) < 4.78 is 0. The molecule has 0 radical (unpaired) electrons. The third kappa shape index (κ3) is 2.18. The summed E-state index contributed by atoms with van der Waals surface area (Å²) in [4.78, 5) is 6.94. The number of hydrogen-bond donors (Lipinski definition) is 1. The standard InChI is InChI=1S/C15H23N3/c1-11-8-14(16)15(17-9-11)18-7-6-12-4-2-3-5-13(12)10-18/h8-9,12-13H,2-7,10,16H2,1H3. The fourth-order valence-corrected chi connectivity index (χ4v) is 3.64. The number of fused-ring (bicyclic) bond motifs is 1. The summed E-state index contributed by atoms with van der Waals surface area (Å²) in [5, 5.41) is 0. The molecule has 2 heterocycles. The van der Waals surface area contributed by atoms with E-state index in [1.807, 2.05) is 19.2 Å². The minimum Gasteiger partial charge on any atom is -0.396 e. The predicted molar refractivity (Wildman–Crippen MR) is 75.7 cm³/mol. The van der Waals surface area contributed by atoms with Gasteiger partial charge in [-0.2, -0.15) is 0 Å². The lowest BCUT2D eigenvalue weighted by Crippen LogP contribution is -2.42. The van der Waals surface area contributed by atoms with Gasteiger partial charge in [0.05, 0.1) is 5.69 Å². The number of rotatable bonds is 1. The normalized spacial score (nSPS) is 27.9. The van der Waals surface area contributed by atoms with Crippen molar-refractivity contribution >= 4 is 11.5 Å². The molecule has 1 saturated heterocycles. The molecule has 2 fully saturated rings. The quantitative estimate of drug-likeness (QED) is 0.827. The van der Waals surface area contributed by atoms with Crippen molar-refractivity contribution in [3.05, 3.63) is 17.8 Å². The van der Waals surface area contributed by atoms with Crippen molar-refractivity contribution in [2.24, 2.45) is 11.8 Å². The van der Waals surface area contributed by atoms with E-state index in [-0.39, 0.29) is 0 Å². The van der Waals surface area contributed by atoms with E-state index in [4.69, 9.17) is 5.73 Å². The Morgan fingerprint density at radius 3 is 2.78 bits per heavy atom. The number of piperidine rings is 1. The van der Waals surface area contributed by atoms with Crippen LogP contribution in [0, 0.1) is 18.8 Å². The van der Waals surface area contributed by atoms with Crippen LogP contribution in [0.25, 0.3) is 0 Å². The van der Waals surface area contributed by atoms with Crippen molar-refractivity contribution < 1.29 is 0 Å². The Labute approximate surface area is 109 Å². The van der Waals surface area contributed by atoms with Gasteiger partial charge in [0.15, 0.2) is 5.82 Å². The van der Waals surface area contributed by atoms with Crippen molar-refractivity contribution in [3.63, 3.8) is 0 Å². The van der Waals surface area contributed by atoms with Gasteiger partial charge in [-0.25, -0.2) is 4.98 Å². The predicted octanol–water partition coefficient (Wildman–Crippen LogP) is 2.99. The van der Waals surface area contributed by atoms with E-state index in [9.17, 15) is 0 Å². The Hall–Kier alpha value is -1.25. The molecule has 2 N–H and O–H groups in total. The number of nitrogen functional groups attached to an aromatic ring is 1. The van der Waals surface area contributed by atoms with Crippen molar-refractivity contribution in [1.82, 2.24) is 4.98 Å². The first kappa shape index (κ1) is 11.8. The minimum atomic E-state index is 0.837. The number of aryl methyl sites for hydroxylation is 1. The van der Waals surface area contributed by atoms with E-state index in [1.54, 1.807) is 0 Å². The van der Waals surface area contributed by atoms with Crippen LogP contribution in [0.4, 0.5) is 11.5 Å². The highest BCUT2D eigenvalue weighted by Gasteiger charge is 2.31. The van der Waals surface area contributed by atoms with Gasteiger partial charge in [-0.3, -0.25) is 0 Å². The van der Waals surface area contributed by atoms with Crippen molar-refractivity contribution in [2.75, 3.05) is 23.7 Å². The summed E-state index contributed by atoms with van der Waals surface area (Å²) in [6.45, 7) is 4.33. The maximum Gasteiger partial charge on any atom is 0.151 e. The topological polar surface area (TPSA) is 42.2 Å². The second kappa shape index (κ2) is 4.79. The van der Waals surface area contributed by atoms with Crippen LogP contribution in [0.1, 0.15) is 37.7 Å². The second-order valence-corrected chi connectivity index (χ2v) is 5.96. The average molecular weight is 245 g/mol. The number of nitrogens with zero attached hydrogens (tertiary/aromatic N) is 2. The van der Waals surface area contributed by atoms with E-state index < -0.39 is 0 Å². The summed E-state index contributed by atoms with van der Waals surface area (Å²) in [7, 11) is 0. The molecule has 3 rings (SSSR count). The number of nitrogens with two attached hydrogens (primary N) is 1. The maximum absolute atomic E-state index is 6.12. The van der Waals surface area contributed by atoms with Crippen LogP contribution in [0.3, 0.4) is 0 Å². The Morgan fingerprint density at radius 2 is 2.00 bits per heavy atom. The molecular weight excluding hydrogens is 222 g/mol. The van der Waals surface area contributed by atoms with Gasteiger partial charge in [-0.15, -0.1) is 0 Å². The maximum atomic E-state index is 6.12. The fourth-order valence-electron chi connectivity index (χ4n) is 3.64. The summed E-state index contributed by atoms with van der Waals surface area (Å²) in [5.41, 5.74) is 8.10. The molecule has 1 saturated carbocycles. The average Bonchev–Trinajstić information content (AvgIpc) is 2.38. The van der Waals surface area contributed by atoms with Crippen LogP contribution < -0.4 is 10.6 Å². The first-order valence-corrected chi connectivity index (χ1v) is 7.21. The molecule has 1 aliphatic heterocycles.